The van der Waals surface area contributed by atoms with Crippen molar-refractivity contribution in [2.75, 3.05) is 59.5 Å². The van der Waals surface area contributed by atoms with Gasteiger partial charge >= 0.3 is 5.97 Å². The fourth-order valence-corrected chi connectivity index (χ4v) is 6.31. The predicted octanol–water partition coefficient (Wildman–Crippen LogP) is 4.35. The van der Waals surface area contributed by atoms with Crippen LogP contribution in [0.15, 0.2) is 67.3 Å². The number of nitrogens with zero attached hydrogens (tertiary/aromatic N) is 4. The van der Waals surface area contributed by atoms with Crippen LogP contribution in [0.5, 0.6) is 0 Å². The van der Waals surface area contributed by atoms with E-state index in [0.717, 1.165) is 17.4 Å². The van der Waals surface area contributed by atoms with Gasteiger partial charge in [-0.3, -0.25) is 38.7 Å². The van der Waals surface area contributed by atoms with Gasteiger partial charge in [-0.25, -0.2) is 0 Å². The van der Waals surface area contributed by atoms with Crippen molar-refractivity contribution < 1.29 is 28.7 Å². The Morgan fingerprint density at radius 2 is 1.38 bits per heavy atom. The Bertz CT molecular complexity index is 1730. The lowest BCUT2D eigenvalue weighted by atomic mass is 9.89. The third-order valence-corrected chi connectivity index (χ3v) is 8.75. The van der Waals surface area contributed by atoms with Crippen molar-refractivity contribution in [2.45, 2.75) is 20.3 Å². The summed E-state index contributed by atoms with van der Waals surface area (Å²) >= 11 is 0. The van der Waals surface area contributed by atoms with Crippen LogP contribution >= 0.6 is 0 Å². The zero-order valence-corrected chi connectivity index (χ0v) is 27.2. The van der Waals surface area contributed by atoms with Crippen LogP contribution < -0.4 is 0 Å². The molecule has 0 aliphatic carbocycles. The molecule has 0 aromatic heterocycles. The van der Waals surface area contributed by atoms with Gasteiger partial charge in [-0.1, -0.05) is 55.1 Å². The van der Waals surface area contributed by atoms with Crippen LogP contribution in [0.2, 0.25) is 0 Å². The molecule has 2 aliphatic rings. The highest BCUT2D eigenvalue weighted by Gasteiger charge is 2.36. The fourth-order valence-electron chi connectivity index (χ4n) is 6.31. The van der Waals surface area contributed by atoms with Gasteiger partial charge in [0.25, 0.3) is 23.6 Å². The number of hydrogen-bond acceptors (Lipinski definition) is 8. The minimum absolute atomic E-state index is 0.177. The third-order valence-electron chi connectivity index (χ3n) is 8.75. The quantitative estimate of drug-likeness (QED) is 0.146. The Morgan fingerprint density at radius 1 is 0.787 bits per heavy atom. The number of esters is 1. The molecule has 0 spiro atoms. The number of hydrogen-bond donors (Lipinski definition) is 0. The Balaban J connectivity index is 1.18. The number of allylic oxidation sites excluding steroid dienone is 1. The van der Waals surface area contributed by atoms with Crippen molar-refractivity contribution >= 4 is 52.0 Å². The van der Waals surface area contributed by atoms with Gasteiger partial charge in [-0.2, -0.15) is 0 Å². The van der Waals surface area contributed by atoms with Crippen LogP contribution in [0.25, 0.3) is 22.4 Å². The van der Waals surface area contributed by atoms with Crippen molar-refractivity contribution in [2.24, 2.45) is 0 Å². The van der Waals surface area contributed by atoms with Crippen molar-refractivity contribution in [1.82, 2.24) is 19.6 Å². The fraction of sp³-hybridized carbons (Fsp3) is 0.324. The van der Waals surface area contributed by atoms with E-state index in [4.69, 9.17) is 4.74 Å². The minimum atomic E-state index is -0.376. The van der Waals surface area contributed by atoms with E-state index in [1.54, 1.807) is 43.3 Å². The van der Waals surface area contributed by atoms with Crippen LogP contribution in [0.3, 0.4) is 0 Å². The maximum Gasteiger partial charge on any atom is 0.302 e. The summed E-state index contributed by atoms with van der Waals surface area (Å²) in [5.74, 6) is -1.63. The summed E-state index contributed by atoms with van der Waals surface area (Å²) in [6.45, 7) is 10.2. The lowest BCUT2D eigenvalue weighted by Gasteiger charge is -2.32. The molecule has 2 aliphatic heterocycles. The van der Waals surface area contributed by atoms with Gasteiger partial charge in [0.2, 0.25) is 0 Å². The van der Waals surface area contributed by atoms with Crippen molar-refractivity contribution in [1.29, 1.82) is 0 Å². The Hall–Kier alpha value is -4.93. The molecule has 10 heteroatoms. The average molecular weight is 637 g/mol. The first-order valence-corrected chi connectivity index (χ1v) is 15.9. The third kappa shape index (κ3) is 6.94. The van der Waals surface area contributed by atoms with E-state index >= 15 is 0 Å². The summed E-state index contributed by atoms with van der Waals surface area (Å²) in [6.07, 6.45) is 4.11. The lowest BCUT2D eigenvalue weighted by molar-refractivity contribution is -0.141. The van der Waals surface area contributed by atoms with Crippen molar-refractivity contribution in [3.05, 3.63) is 95.1 Å². The second-order valence-corrected chi connectivity index (χ2v) is 11.7. The van der Waals surface area contributed by atoms with Gasteiger partial charge in [0, 0.05) is 72.9 Å². The average Bonchev–Trinajstić information content (AvgIpc) is 3.06. The summed E-state index contributed by atoms with van der Waals surface area (Å²) in [7, 11) is 1.94. The zero-order valence-electron chi connectivity index (χ0n) is 27.2. The molecule has 244 valence electrons. The molecule has 10 nitrogen and oxygen atoms in total. The monoisotopic (exact) mass is 636 g/mol. The van der Waals surface area contributed by atoms with Gasteiger partial charge in [0.05, 0.1) is 0 Å². The molecule has 0 N–H and O–H groups in total. The van der Waals surface area contributed by atoms with E-state index in [1.807, 2.05) is 37.4 Å². The van der Waals surface area contributed by atoms with Gasteiger partial charge in [0.1, 0.15) is 6.61 Å². The molecular formula is C37H40N4O6. The maximum absolute atomic E-state index is 13.4. The molecule has 4 amide bonds. The summed E-state index contributed by atoms with van der Waals surface area (Å²) in [5.41, 5.74) is 3.37. The standard InChI is InChI=1S/C37H40N4O6/c1-5-26-11-7-14-29-32(26)28(6-2)34(43)41(35(29)44)22-20-39(23-24-47-25(3)42)18-10-17-38(4)19-21-40-36(45)30-15-8-12-27-13-9-16-31(33(27)30)37(40)46/h5-9,11-16H,1,10,17-24H2,2-4H3/b28-6+. The smallest absolute Gasteiger partial charge is 0.302 e. The molecule has 47 heavy (non-hydrogen) atoms. The summed E-state index contributed by atoms with van der Waals surface area (Å²) in [4.78, 5) is 71.5. The summed E-state index contributed by atoms with van der Waals surface area (Å²) in [5, 5.41) is 1.59. The first-order chi connectivity index (χ1) is 22.7. The Kier molecular flexibility index (Phi) is 10.4. The number of imide groups is 2. The predicted molar refractivity (Wildman–Crippen MR) is 181 cm³/mol. The molecule has 3 aromatic rings. The summed E-state index contributed by atoms with van der Waals surface area (Å²) in [6, 6.07) is 16.4. The number of carbonyl (C=O) groups is 5. The molecule has 5 rings (SSSR count). The van der Waals surface area contributed by atoms with Gasteiger partial charge in [-0.05, 0) is 62.6 Å². The number of benzene rings is 3. The van der Waals surface area contributed by atoms with E-state index in [1.165, 1.54) is 16.7 Å². The molecule has 0 radical (unpaired) electrons. The summed E-state index contributed by atoms with van der Waals surface area (Å²) < 4.78 is 5.19. The van der Waals surface area contributed by atoms with E-state index in [-0.39, 0.29) is 49.3 Å². The molecule has 3 aromatic carbocycles. The highest BCUT2D eigenvalue weighted by molar-refractivity contribution is 6.31. The Labute approximate surface area is 274 Å². The van der Waals surface area contributed by atoms with Crippen LogP contribution in [-0.2, 0) is 14.3 Å². The van der Waals surface area contributed by atoms with Crippen molar-refractivity contribution in [3.8, 4) is 0 Å². The highest BCUT2D eigenvalue weighted by atomic mass is 16.5. The maximum atomic E-state index is 13.4. The molecule has 2 heterocycles. The molecular weight excluding hydrogens is 596 g/mol. The first-order valence-electron chi connectivity index (χ1n) is 15.9. The van der Waals surface area contributed by atoms with Crippen LogP contribution in [0.4, 0.5) is 0 Å². The largest absolute Gasteiger partial charge is 0.465 e. The van der Waals surface area contributed by atoms with E-state index < -0.39 is 0 Å². The van der Waals surface area contributed by atoms with Crippen molar-refractivity contribution in [3.63, 3.8) is 0 Å². The number of amides is 4. The van der Waals surface area contributed by atoms with Gasteiger partial charge in [-0.15, -0.1) is 0 Å². The van der Waals surface area contributed by atoms with Crippen LogP contribution in [0.1, 0.15) is 62.5 Å². The second kappa shape index (κ2) is 14.7. The van der Waals surface area contributed by atoms with Gasteiger partial charge in [0.15, 0.2) is 0 Å². The number of likely N-dealkylation sites (N-methyl/N-ethyl adjacent to an activating group) is 1. The topological polar surface area (TPSA) is 108 Å². The van der Waals surface area contributed by atoms with Crippen LogP contribution in [-0.4, -0.2) is 109 Å². The first kappa shape index (κ1) is 33.4. The number of fused-ring (bicyclic) bond motifs is 1. The number of carbonyl (C=O) groups excluding carboxylic acids is 5. The normalized spacial score (nSPS) is 15.3. The highest BCUT2D eigenvalue weighted by Crippen LogP contribution is 2.32. The second-order valence-electron chi connectivity index (χ2n) is 11.7. The van der Waals surface area contributed by atoms with E-state index in [2.05, 4.69) is 16.4 Å². The van der Waals surface area contributed by atoms with E-state index in [0.29, 0.717) is 65.9 Å². The molecule has 0 unspecified atom stereocenters. The zero-order chi connectivity index (χ0) is 33.7. The molecule has 0 saturated carbocycles. The molecule has 0 saturated heterocycles. The van der Waals surface area contributed by atoms with E-state index in [9.17, 15) is 24.0 Å². The molecule has 0 bridgehead atoms. The SMILES string of the molecule is C=Cc1cccc2c1/C(=C\C)C(=O)N(CCN(CCCN(C)CCN1C(=O)c3cccc4cccc(c34)C1=O)CCOC(C)=O)C2=O. The van der Waals surface area contributed by atoms with Gasteiger partial charge < -0.3 is 9.64 Å². The number of ether oxygens (including phenoxy) is 1. The number of rotatable bonds is 14. The Morgan fingerprint density at radius 3 is 2.02 bits per heavy atom. The molecule has 0 fully saturated rings. The van der Waals surface area contributed by atoms with Crippen LogP contribution in [0, 0.1) is 0 Å². The lowest BCUT2D eigenvalue weighted by Crippen LogP contribution is -2.46. The molecule has 0 atom stereocenters. The minimum Gasteiger partial charge on any atom is -0.465 e.